The molecule has 2 aromatic carbocycles. The molecule has 6 heteroatoms. The summed E-state index contributed by atoms with van der Waals surface area (Å²) in [6.07, 6.45) is 0.930. The van der Waals surface area contributed by atoms with E-state index in [1.807, 2.05) is 49.4 Å². The van der Waals surface area contributed by atoms with Gasteiger partial charge in [0.1, 0.15) is 11.5 Å². The molecule has 0 heterocycles. The summed E-state index contributed by atoms with van der Waals surface area (Å²) in [5.74, 6) is 2.83. The van der Waals surface area contributed by atoms with Gasteiger partial charge in [0.25, 0.3) is 0 Å². The Hall–Kier alpha value is -2.73. The first kappa shape index (κ1) is 23.5. The fourth-order valence-corrected chi connectivity index (χ4v) is 3.03. The number of nitrogens with zero attached hydrogens (tertiary/aromatic N) is 1. The topological polar surface area (TPSA) is 64.1 Å². The number of hydrogen-bond donors (Lipinski definition) is 2. The summed E-state index contributed by atoms with van der Waals surface area (Å²) in [7, 11) is 3.38. The van der Waals surface area contributed by atoms with Gasteiger partial charge >= 0.3 is 0 Å². The predicted octanol–water partition coefficient (Wildman–Crippen LogP) is 3.97. The lowest BCUT2D eigenvalue weighted by Crippen LogP contribution is -2.40. The number of ether oxygens (including phenoxy) is 3. The molecule has 2 aromatic rings. The molecule has 1 atom stereocenters. The van der Waals surface area contributed by atoms with Crippen LogP contribution in [0.15, 0.2) is 53.5 Å². The minimum absolute atomic E-state index is 0.276. The molecule has 0 amide bonds. The van der Waals surface area contributed by atoms with Crippen molar-refractivity contribution >= 4 is 5.96 Å². The van der Waals surface area contributed by atoms with E-state index in [4.69, 9.17) is 19.2 Å². The first-order valence-electron chi connectivity index (χ1n) is 10.5. The number of aliphatic imine (C=N–C) groups is 1. The molecule has 0 aromatic heterocycles. The number of hydrogen-bond acceptors (Lipinski definition) is 4. The lowest BCUT2D eigenvalue weighted by molar-refractivity contribution is 0.145. The van der Waals surface area contributed by atoms with E-state index in [9.17, 15) is 0 Å². The van der Waals surface area contributed by atoms with Crippen molar-refractivity contribution in [2.45, 2.75) is 32.7 Å². The smallest absolute Gasteiger partial charge is 0.191 e. The average molecular weight is 414 g/mol. The maximum absolute atomic E-state index is 5.50. The fraction of sp³-hybridized carbons (Fsp3) is 0.458. The Bertz CT molecular complexity index is 763. The number of nitrogens with one attached hydrogen (secondary N) is 2. The van der Waals surface area contributed by atoms with Crippen LogP contribution in [0.3, 0.4) is 0 Å². The van der Waals surface area contributed by atoms with Gasteiger partial charge in [-0.1, -0.05) is 37.3 Å². The van der Waals surface area contributed by atoms with Crippen LogP contribution in [-0.2, 0) is 11.3 Å². The van der Waals surface area contributed by atoms with Crippen LogP contribution in [0.2, 0.25) is 0 Å². The summed E-state index contributed by atoms with van der Waals surface area (Å²) < 4.78 is 16.1. The van der Waals surface area contributed by atoms with Gasteiger partial charge in [-0.15, -0.1) is 0 Å². The third kappa shape index (κ3) is 7.95. The van der Waals surface area contributed by atoms with Gasteiger partial charge in [0, 0.05) is 32.2 Å². The van der Waals surface area contributed by atoms with E-state index in [2.05, 4.69) is 23.6 Å². The van der Waals surface area contributed by atoms with E-state index < -0.39 is 0 Å². The molecule has 164 valence electrons. The predicted molar refractivity (Wildman–Crippen MR) is 123 cm³/mol. The van der Waals surface area contributed by atoms with Gasteiger partial charge in [-0.3, -0.25) is 0 Å². The Labute approximate surface area is 180 Å². The first-order chi connectivity index (χ1) is 14.7. The SMILES string of the molecule is CCOCCCNC(=NCc1ccc(OC)cc1)NCC(C)c1ccccc1OC. The van der Waals surface area contributed by atoms with Crippen LogP contribution < -0.4 is 20.1 Å². The van der Waals surface area contributed by atoms with Crippen molar-refractivity contribution < 1.29 is 14.2 Å². The summed E-state index contributed by atoms with van der Waals surface area (Å²) in [5, 5.41) is 6.88. The molecule has 0 saturated carbocycles. The number of benzene rings is 2. The molecular weight excluding hydrogens is 378 g/mol. The lowest BCUT2D eigenvalue weighted by atomic mass is 10.0. The second-order valence-electron chi connectivity index (χ2n) is 7.01. The van der Waals surface area contributed by atoms with Crippen LogP contribution in [-0.4, -0.2) is 46.5 Å². The third-order valence-electron chi connectivity index (χ3n) is 4.79. The Morgan fingerprint density at radius 1 is 1.00 bits per heavy atom. The van der Waals surface area contributed by atoms with E-state index in [0.717, 1.165) is 55.7 Å². The van der Waals surface area contributed by atoms with Crippen molar-refractivity contribution in [2.75, 3.05) is 40.5 Å². The minimum Gasteiger partial charge on any atom is -0.497 e. The van der Waals surface area contributed by atoms with E-state index in [1.54, 1.807) is 14.2 Å². The van der Waals surface area contributed by atoms with Gasteiger partial charge in [0.2, 0.25) is 0 Å². The Morgan fingerprint density at radius 2 is 1.77 bits per heavy atom. The van der Waals surface area contributed by atoms with Gasteiger partial charge in [-0.05, 0) is 42.7 Å². The molecule has 0 saturated heterocycles. The monoisotopic (exact) mass is 413 g/mol. The van der Waals surface area contributed by atoms with Gasteiger partial charge in [-0.25, -0.2) is 4.99 Å². The van der Waals surface area contributed by atoms with Crippen molar-refractivity contribution in [1.82, 2.24) is 10.6 Å². The summed E-state index contributed by atoms with van der Waals surface area (Å²) >= 11 is 0. The third-order valence-corrected chi connectivity index (χ3v) is 4.79. The number of rotatable bonds is 12. The molecule has 0 spiro atoms. The van der Waals surface area contributed by atoms with Crippen molar-refractivity contribution in [2.24, 2.45) is 4.99 Å². The molecule has 6 nitrogen and oxygen atoms in total. The second kappa shape index (κ2) is 13.5. The zero-order valence-corrected chi connectivity index (χ0v) is 18.6. The molecule has 0 bridgehead atoms. The summed E-state index contributed by atoms with van der Waals surface area (Å²) in [4.78, 5) is 4.76. The van der Waals surface area contributed by atoms with E-state index in [0.29, 0.717) is 6.54 Å². The van der Waals surface area contributed by atoms with E-state index in [-0.39, 0.29) is 5.92 Å². The van der Waals surface area contributed by atoms with Gasteiger partial charge in [0.05, 0.1) is 20.8 Å². The molecule has 30 heavy (non-hydrogen) atoms. The second-order valence-corrected chi connectivity index (χ2v) is 7.01. The highest BCUT2D eigenvalue weighted by Crippen LogP contribution is 2.25. The number of guanidine groups is 1. The lowest BCUT2D eigenvalue weighted by Gasteiger charge is -2.18. The van der Waals surface area contributed by atoms with E-state index >= 15 is 0 Å². The fourth-order valence-electron chi connectivity index (χ4n) is 3.03. The maximum Gasteiger partial charge on any atom is 0.191 e. The Kier molecular flexibility index (Phi) is 10.6. The standard InChI is InChI=1S/C24H35N3O3/c1-5-30-16-8-15-25-24(27-18-20-11-13-21(28-3)14-12-20)26-17-19(2)22-9-6-7-10-23(22)29-4/h6-7,9-14,19H,5,8,15-18H2,1-4H3,(H2,25,26,27). The Balaban J connectivity index is 1.98. The quantitative estimate of drug-likeness (QED) is 0.313. The molecule has 0 aliphatic heterocycles. The molecule has 0 aliphatic carbocycles. The largest absolute Gasteiger partial charge is 0.497 e. The molecule has 0 fully saturated rings. The minimum atomic E-state index is 0.276. The summed E-state index contributed by atoms with van der Waals surface area (Å²) in [6, 6.07) is 16.1. The molecule has 2 N–H and O–H groups in total. The van der Waals surface area contributed by atoms with Crippen molar-refractivity contribution in [1.29, 1.82) is 0 Å². The Morgan fingerprint density at radius 3 is 2.47 bits per heavy atom. The normalized spacial score (nSPS) is 12.3. The van der Waals surface area contributed by atoms with Crippen molar-refractivity contribution in [3.8, 4) is 11.5 Å². The molecular formula is C24H35N3O3. The number of para-hydroxylation sites is 1. The van der Waals surface area contributed by atoms with Gasteiger partial charge in [0.15, 0.2) is 5.96 Å². The van der Waals surface area contributed by atoms with Gasteiger partial charge in [-0.2, -0.15) is 0 Å². The van der Waals surface area contributed by atoms with Crippen molar-refractivity contribution in [3.05, 3.63) is 59.7 Å². The van der Waals surface area contributed by atoms with Crippen LogP contribution in [0.4, 0.5) is 0 Å². The highest BCUT2D eigenvalue weighted by atomic mass is 16.5. The van der Waals surface area contributed by atoms with E-state index in [1.165, 1.54) is 5.56 Å². The summed E-state index contributed by atoms with van der Waals surface area (Å²) in [5.41, 5.74) is 2.31. The van der Waals surface area contributed by atoms with Crippen LogP contribution in [0.5, 0.6) is 11.5 Å². The average Bonchev–Trinajstić information content (AvgIpc) is 2.80. The zero-order valence-electron chi connectivity index (χ0n) is 18.6. The van der Waals surface area contributed by atoms with Crippen LogP contribution in [0.1, 0.15) is 37.3 Å². The number of methoxy groups -OCH3 is 2. The molecule has 0 radical (unpaired) electrons. The highest BCUT2D eigenvalue weighted by molar-refractivity contribution is 5.79. The molecule has 1 unspecified atom stereocenters. The summed E-state index contributed by atoms with van der Waals surface area (Å²) in [6.45, 7) is 7.82. The first-order valence-corrected chi connectivity index (χ1v) is 10.5. The van der Waals surface area contributed by atoms with Crippen LogP contribution in [0, 0.1) is 0 Å². The highest BCUT2D eigenvalue weighted by Gasteiger charge is 2.11. The maximum atomic E-state index is 5.50. The zero-order chi connectivity index (χ0) is 21.6. The van der Waals surface area contributed by atoms with Crippen molar-refractivity contribution in [3.63, 3.8) is 0 Å². The van der Waals surface area contributed by atoms with Crippen LogP contribution in [0.25, 0.3) is 0 Å². The van der Waals surface area contributed by atoms with Gasteiger partial charge < -0.3 is 24.8 Å². The van der Waals surface area contributed by atoms with Crippen LogP contribution >= 0.6 is 0 Å². The molecule has 2 rings (SSSR count). The molecule has 0 aliphatic rings.